The molecule has 0 aliphatic heterocycles. The molecule has 0 aromatic heterocycles. The van der Waals surface area contributed by atoms with Crippen LogP contribution in [-0.4, -0.2) is 13.1 Å². The highest BCUT2D eigenvalue weighted by Gasteiger charge is 2.36. The number of carbonyl (C=O) groups excluding carboxylic acids is 1. The Bertz CT molecular complexity index is 390. The molecule has 0 unspecified atom stereocenters. The van der Waals surface area contributed by atoms with Gasteiger partial charge in [0.2, 0.25) is 0 Å². The molecule has 6 heteroatoms. The third kappa shape index (κ3) is 2.75. The summed E-state index contributed by atoms with van der Waals surface area (Å²) >= 11 is 2.88. The zero-order valence-electron chi connectivity index (χ0n) is 8.22. The molecule has 0 N–H and O–H groups in total. The summed E-state index contributed by atoms with van der Waals surface area (Å²) in [5.41, 5.74) is -0.996. The number of hydrogen-bond acceptors (Lipinski definition) is 2. The van der Waals surface area contributed by atoms with Gasteiger partial charge in [0, 0.05) is 0 Å². The SMILES string of the molecule is COC(=O)[C@H](Br)c1ccccc1C(F)(F)F. The predicted octanol–water partition coefficient (Wildman–Crippen LogP) is 3.31. The number of methoxy groups -OCH3 is 1. The summed E-state index contributed by atoms with van der Waals surface area (Å²) in [6.07, 6.45) is -4.49. The van der Waals surface area contributed by atoms with Gasteiger partial charge in [-0.15, -0.1) is 0 Å². The van der Waals surface area contributed by atoms with Gasteiger partial charge >= 0.3 is 12.1 Å². The van der Waals surface area contributed by atoms with Crippen molar-refractivity contribution < 1.29 is 22.7 Å². The molecule has 2 nitrogen and oxygen atoms in total. The second kappa shape index (κ2) is 4.86. The van der Waals surface area contributed by atoms with Gasteiger partial charge in [-0.3, -0.25) is 4.79 Å². The van der Waals surface area contributed by atoms with E-state index in [9.17, 15) is 18.0 Å². The Morgan fingerprint density at radius 2 is 1.94 bits per heavy atom. The van der Waals surface area contributed by atoms with Crippen molar-refractivity contribution in [3.63, 3.8) is 0 Å². The van der Waals surface area contributed by atoms with Crippen molar-refractivity contribution in [1.82, 2.24) is 0 Å². The Hall–Kier alpha value is -1.04. The highest BCUT2D eigenvalue weighted by Crippen LogP contribution is 2.37. The molecule has 0 amide bonds. The summed E-state index contributed by atoms with van der Waals surface area (Å²) < 4.78 is 42.2. The minimum absolute atomic E-state index is 0.151. The monoisotopic (exact) mass is 296 g/mol. The lowest BCUT2D eigenvalue weighted by Crippen LogP contribution is -2.15. The first-order valence-electron chi connectivity index (χ1n) is 4.26. The van der Waals surface area contributed by atoms with Gasteiger partial charge in [0.15, 0.2) is 0 Å². The first-order valence-corrected chi connectivity index (χ1v) is 5.17. The number of alkyl halides is 4. The normalized spacial score (nSPS) is 13.3. The maximum atomic E-state index is 12.6. The van der Waals surface area contributed by atoms with Gasteiger partial charge in [0.25, 0.3) is 0 Å². The molecule has 1 aromatic rings. The lowest BCUT2D eigenvalue weighted by atomic mass is 10.0. The Morgan fingerprint density at radius 3 is 2.44 bits per heavy atom. The van der Waals surface area contributed by atoms with E-state index in [1.807, 2.05) is 0 Å². The number of halogens is 4. The van der Waals surface area contributed by atoms with E-state index in [1.165, 1.54) is 18.2 Å². The van der Waals surface area contributed by atoms with Gasteiger partial charge in [-0.05, 0) is 11.6 Å². The quantitative estimate of drug-likeness (QED) is 0.618. The van der Waals surface area contributed by atoms with Crippen LogP contribution >= 0.6 is 15.9 Å². The van der Waals surface area contributed by atoms with E-state index >= 15 is 0 Å². The van der Waals surface area contributed by atoms with Crippen LogP contribution in [0.15, 0.2) is 24.3 Å². The Morgan fingerprint density at radius 1 is 1.38 bits per heavy atom. The molecular weight excluding hydrogens is 289 g/mol. The first-order chi connectivity index (χ1) is 7.38. The fraction of sp³-hybridized carbons (Fsp3) is 0.300. The number of benzene rings is 1. The highest BCUT2D eigenvalue weighted by atomic mass is 79.9. The summed E-state index contributed by atoms with van der Waals surface area (Å²) in [7, 11) is 1.12. The molecule has 0 fully saturated rings. The van der Waals surface area contributed by atoms with Crippen molar-refractivity contribution in [2.24, 2.45) is 0 Å². The zero-order chi connectivity index (χ0) is 12.3. The van der Waals surface area contributed by atoms with Crippen molar-refractivity contribution in [2.75, 3.05) is 7.11 Å². The van der Waals surface area contributed by atoms with Gasteiger partial charge < -0.3 is 4.74 Å². The highest BCUT2D eigenvalue weighted by molar-refractivity contribution is 9.09. The van der Waals surface area contributed by atoms with Gasteiger partial charge in [-0.1, -0.05) is 34.1 Å². The van der Waals surface area contributed by atoms with E-state index in [0.717, 1.165) is 13.2 Å². The maximum Gasteiger partial charge on any atom is 0.416 e. The summed E-state index contributed by atoms with van der Waals surface area (Å²) in [5, 5.41) is 0. The summed E-state index contributed by atoms with van der Waals surface area (Å²) in [4.78, 5) is 10.0. The fourth-order valence-corrected chi connectivity index (χ4v) is 1.79. The summed E-state index contributed by atoms with van der Waals surface area (Å²) in [5.74, 6) is -0.767. The minimum Gasteiger partial charge on any atom is -0.468 e. The number of rotatable bonds is 2. The first kappa shape index (κ1) is 13.0. The van der Waals surface area contributed by atoms with Crippen molar-refractivity contribution in [2.45, 2.75) is 11.0 Å². The van der Waals surface area contributed by atoms with Crippen molar-refractivity contribution >= 4 is 21.9 Å². The minimum atomic E-state index is -4.49. The molecule has 0 bridgehead atoms. The van der Waals surface area contributed by atoms with E-state index < -0.39 is 22.5 Å². The summed E-state index contributed by atoms with van der Waals surface area (Å²) in [6.45, 7) is 0. The van der Waals surface area contributed by atoms with Crippen LogP contribution in [0.2, 0.25) is 0 Å². The largest absolute Gasteiger partial charge is 0.468 e. The third-order valence-corrected chi connectivity index (χ3v) is 2.81. The smallest absolute Gasteiger partial charge is 0.416 e. The van der Waals surface area contributed by atoms with Crippen LogP contribution in [-0.2, 0) is 15.7 Å². The molecule has 1 rings (SSSR count). The van der Waals surface area contributed by atoms with E-state index in [-0.39, 0.29) is 5.56 Å². The van der Waals surface area contributed by atoms with E-state index in [2.05, 4.69) is 20.7 Å². The van der Waals surface area contributed by atoms with E-state index in [1.54, 1.807) is 0 Å². The average Bonchev–Trinajstić information content (AvgIpc) is 2.26. The van der Waals surface area contributed by atoms with Gasteiger partial charge in [0.05, 0.1) is 12.7 Å². The topological polar surface area (TPSA) is 26.3 Å². The fourth-order valence-electron chi connectivity index (χ4n) is 1.21. The molecule has 0 radical (unpaired) electrons. The lowest BCUT2D eigenvalue weighted by molar-refractivity contribution is -0.141. The van der Waals surface area contributed by atoms with Crippen LogP contribution < -0.4 is 0 Å². The van der Waals surface area contributed by atoms with Gasteiger partial charge in [-0.25, -0.2) is 0 Å². The molecular formula is C10H8BrF3O2. The summed E-state index contributed by atoms with van der Waals surface area (Å²) in [6, 6.07) is 4.86. The van der Waals surface area contributed by atoms with Crippen LogP contribution in [0.3, 0.4) is 0 Å². The van der Waals surface area contributed by atoms with Crippen LogP contribution in [0.1, 0.15) is 16.0 Å². The Kier molecular flexibility index (Phi) is 3.96. The van der Waals surface area contributed by atoms with Crippen LogP contribution in [0.5, 0.6) is 0 Å². The standard InChI is InChI=1S/C10H8BrF3O2/c1-16-9(15)8(11)6-4-2-3-5-7(6)10(12,13)14/h2-5,8H,1H3/t8-/m1/s1. The molecule has 0 heterocycles. The molecule has 88 valence electrons. The Balaban J connectivity index is 3.19. The molecule has 0 spiro atoms. The van der Waals surface area contributed by atoms with Crippen molar-refractivity contribution in [1.29, 1.82) is 0 Å². The lowest BCUT2D eigenvalue weighted by Gasteiger charge is -2.15. The molecule has 16 heavy (non-hydrogen) atoms. The average molecular weight is 297 g/mol. The Labute approximate surface area is 98.5 Å². The van der Waals surface area contributed by atoms with Crippen LogP contribution in [0.25, 0.3) is 0 Å². The van der Waals surface area contributed by atoms with Crippen molar-refractivity contribution in [3.8, 4) is 0 Å². The zero-order valence-corrected chi connectivity index (χ0v) is 9.80. The van der Waals surface area contributed by atoms with Crippen molar-refractivity contribution in [3.05, 3.63) is 35.4 Å². The molecule has 0 aliphatic rings. The molecule has 0 saturated carbocycles. The number of ether oxygens (including phenoxy) is 1. The van der Waals surface area contributed by atoms with E-state index in [4.69, 9.17) is 0 Å². The second-order valence-corrected chi connectivity index (χ2v) is 3.89. The number of carbonyl (C=O) groups is 1. The van der Waals surface area contributed by atoms with Crippen LogP contribution in [0, 0.1) is 0 Å². The van der Waals surface area contributed by atoms with Gasteiger partial charge in [-0.2, -0.15) is 13.2 Å². The predicted molar refractivity (Wildman–Crippen MR) is 55.1 cm³/mol. The third-order valence-electron chi connectivity index (χ3n) is 1.95. The van der Waals surface area contributed by atoms with Crippen LogP contribution in [0.4, 0.5) is 13.2 Å². The molecule has 0 aliphatic carbocycles. The molecule has 1 aromatic carbocycles. The number of esters is 1. The van der Waals surface area contributed by atoms with E-state index in [0.29, 0.717) is 0 Å². The van der Waals surface area contributed by atoms with Gasteiger partial charge in [0.1, 0.15) is 4.83 Å². The maximum absolute atomic E-state index is 12.6. The second-order valence-electron chi connectivity index (χ2n) is 2.97. The number of hydrogen-bond donors (Lipinski definition) is 0. The molecule has 1 atom stereocenters. The molecule has 0 saturated heterocycles.